The molecule has 0 saturated carbocycles. The van der Waals surface area contributed by atoms with E-state index in [-0.39, 0.29) is 5.91 Å². The number of amides is 1. The van der Waals surface area contributed by atoms with E-state index in [0.717, 1.165) is 4.90 Å². The molecule has 0 atom stereocenters. The highest BCUT2D eigenvalue weighted by Gasteiger charge is 2.14. The van der Waals surface area contributed by atoms with Crippen LogP contribution in [0.25, 0.3) is 0 Å². The Labute approximate surface area is 118 Å². The van der Waals surface area contributed by atoms with Crippen molar-refractivity contribution in [2.45, 2.75) is 16.0 Å². The number of aromatic nitrogens is 1. The Bertz CT molecular complexity index is 660. The Morgan fingerprint density at radius 2 is 2.26 bits per heavy atom. The first-order chi connectivity index (χ1) is 9.10. The fourth-order valence-electron chi connectivity index (χ4n) is 1.32. The highest BCUT2D eigenvalue weighted by Crippen LogP contribution is 2.39. The van der Waals surface area contributed by atoms with Gasteiger partial charge in [-0.25, -0.2) is 4.98 Å². The van der Waals surface area contributed by atoms with E-state index < -0.39 is 0 Å². The van der Waals surface area contributed by atoms with Gasteiger partial charge in [-0.3, -0.25) is 4.79 Å². The summed E-state index contributed by atoms with van der Waals surface area (Å²) in [6, 6.07) is 9.41. The van der Waals surface area contributed by atoms with E-state index in [9.17, 15) is 4.79 Å². The lowest BCUT2D eigenvalue weighted by molar-refractivity contribution is -0.114. The number of benzene rings is 1. The van der Waals surface area contributed by atoms with Crippen LogP contribution in [0.15, 0.2) is 33.4 Å². The molecule has 0 spiro atoms. The Hall–Kier alpha value is -2.04. The van der Waals surface area contributed by atoms with E-state index in [1.807, 2.05) is 24.3 Å². The molecule has 0 saturated heterocycles. The molecule has 0 aliphatic heterocycles. The number of nitrogens with zero attached hydrogens (tertiary/aromatic N) is 2. The van der Waals surface area contributed by atoms with Gasteiger partial charge in [-0.1, -0.05) is 35.2 Å². The Kier molecular flexibility index (Phi) is 4.04. The van der Waals surface area contributed by atoms with Crippen LogP contribution in [-0.2, 0) is 4.79 Å². The standard InChI is InChI=1S/C12H10N4OS2/c1-7(17)15-12-16-9(6-13)11(19-12)18-10-5-3-2-4-8(10)14/h2-5H,14H2,1H3,(H,15,16,17). The van der Waals surface area contributed by atoms with Crippen molar-refractivity contribution in [2.24, 2.45) is 0 Å². The van der Waals surface area contributed by atoms with Gasteiger partial charge >= 0.3 is 0 Å². The van der Waals surface area contributed by atoms with E-state index >= 15 is 0 Å². The van der Waals surface area contributed by atoms with Crippen molar-refractivity contribution in [1.29, 1.82) is 5.26 Å². The molecule has 0 radical (unpaired) electrons. The maximum Gasteiger partial charge on any atom is 0.223 e. The van der Waals surface area contributed by atoms with Crippen molar-refractivity contribution >= 4 is 39.8 Å². The number of nitrogens with two attached hydrogens (primary N) is 1. The van der Waals surface area contributed by atoms with E-state index in [1.54, 1.807) is 6.07 Å². The Morgan fingerprint density at radius 3 is 2.89 bits per heavy atom. The second kappa shape index (κ2) is 5.73. The fraction of sp³-hybridized carbons (Fsp3) is 0.0833. The summed E-state index contributed by atoms with van der Waals surface area (Å²) in [5.41, 5.74) is 6.80. The zero-order chi connectivity index (χ0) is 13.8. The van der Waals surface area contributed by atoms with E-state index in [1.165, 1.54) is 30.0 Å². The Morgan fingerprint density at radius 1 is 1.53 bits per heavy atom. The number of hydrogen-bond donors (Lipinski definition) is 2. The lowest BCUT2D eigenvalue weighted by atomic mass is 10.3. The first-order valence-electron chi connectivity index (χ1n) is 5.31. The first kappa shape index (κ1) is 13.4. The molecule has 1 amide bonds. The van der Waals surface area contributed by atoms with Gasteiger partial charge in [0.15, 0.2) is 10.8 Å². The summed E-state index contributed by atoms with van der Waals surface area (Å²) in [6.45, 7) is 1.40. The third-order valence-corrected chi connectivity index (χ3v) is 4.34. The van der Waals surface area contributed by atoms with Crippen molar-refractivity contribution in [3.63, 3.8) is 0 Å². The van der Waals surface area contributed by atoms with Crippen LogP contribution in [0.2, 0.25) is 0 Å². The molecule has 0 aliphatic carbocycles. The monoisotopic (exact) mass is 290 g/mol. The number of anilines is 2. The number of nitrogens with one attached hydrogen (secondary N) is 1. The van der Waals surface area contributed by atoms with Crippen LogP contribution < -0.4 is 11.1 Å². The van der Waals surface area contributed by atoms with Crippen LogP contribution in [0.1, 0.15) is 12.6 Å². The van der Waals surface area contributed by atoms with E-state index in [4.69, 9.17) is 11.0 Å². The fourth-order valence-corrected chi connectivity index (χ4v) is 3.41. The van der Waals surface area contributed by atoms with Crippen molar-refractivity contribution in [3.05, 3.63) is 30.0 Å². The molecule has 0 bridgehead atoms. The SMILES string of the molecule is CC(=O)Nc1nc(C#N)c(Sc2ccccc2N)s1. The molecule has 0 unspecified atom stereocenters. The van der Waals surface area contributed by atoms with Crippen LogP contribution in [0.3, 0.4) is 0 Å². The van der Waals surface area contributed by atoms with E-state index in [2.05, 4.69) is 10.3 Å². The van der Waals surface area contributed by atoms with Crippen LogP contribution in [-0.4, -0.2) is 10.9 Å². The maximum absolute atomic E-state index is 11.0. The van der Waals surface area contributed by atoms with Crippen LogP contribution in [0, 0.1) is 11.3 Å². The molecule has 0 fully saturated rings. The molecule has 7 heteroatoms. The van der Waals surface area contributed by atoms with Crippen LogP contribution in [0.5, 0.6) is 0 Å². The van der Waals surface area contributed by atoms with Gasteiger partial charge in [0.25, 0.3) is 0 Å². The molecule has 1 aromatic heterocycles. The van der Waals surface area contributed by atoms with Gasteiger partial charge in [0.05, 0.1) is 0 Å². The van der Waals surface area contributed by atoms with Gasteiger partial charge < -0.3 is 11.1 Å². The normalized spacial score (nSPS) is 9.89. The van der Waals surface area contributed by atoms with Gasteiger partial charge in [-0.2, -0.15) is 5.26 Å². The number of rotatable bonds is 3. The van der Waals surface area contributed by atoms with Crippen LogP contribution >= 0.6 is 23.1 Å². The second-order valence-corrected chi connectivity index (χ2v) is 5.90. The largest absolute Gasteiger partial charge is 0.398 e. The minimum absolute atomic E-state index is 0.214. The summed E-state index contributed by atoms with van der Waals surface area (Å²) in [4.78, 5) is 15.9. The number of hydrogen-bond acceptors (Lipinski definition) is 6. The predicted octanol–water partition coefficient (Wildman–Crippen LogP) is 2.71. The molecule has 0 aliphatic rings. The van der Waals surface area contributed by atoms with Gasteiger partial charge in [-0.05, 0) is 12.1 Å². The number of carbonyl (C=O) groups excluding carboxylic acids is 1. The zero-order valence-electron chi connectivity index (χ0n) is 10.0. The van der Waals surface area contributed by atoms with Gasteiger partial charge in [-0.15, -0.1) is 0 Å². The Balaban J connectivity index is 2.30. The summed E-state index contributed by atoms with van der Waals surface area (Å²) in [6.07, 6.45) is 0. The molecule has 19 heavy (non-hydrogen) atoms. The molecule has 3 N–H and O–H groups in total. The summed E-state index contributed by atoms with van der Waals surface area (Å²) >= 11 is 2.63. The van der Waals surface area contributed by atoms with Gasteiger partial charge in [0, 0.05) is 17.5 Å². The third kappa shape index (κ3) is 3.24. The predicted molar refractivity (Wildman–Crippen MR) is 76.1 cm³/mol. The molecular weight excluding hydrogens is 280 g/mol. The molecule has 96 valence electrons. The number of nitrogen functional groups attached to an aromatic ring is 1. The van der Waals surface area contributed by atoms with Crippen molar-refractivity contribution in [3.8, 4) is 6.07 Å². The first-order valence-corrected chi connectivity index (χ1v) is 6.94. The zero-order valence-corrected chi connectivity index (χ0v) is 11.6. The molecule has 2 rings (SSSR count). The lowest BCUT2D eigenvalue weighted by Gasteiger charge is -2.02. The maximum atomic E-state index is 11.0. The molecule has 1 aromatic carbocycles. The lowest BCUT2D eigenvalue weighted by Crippen LogP contribution is -2.04. The summed E-state index contributed by atoms with van der Waals surface area (Å²) in [7, 11) is 0. The summed E-state index contributed by atoms with van der Waals surface area (Å²) in [5.74, 6) is -0.214. The highest BCUT2D eigenvalue weighted by molar-refractivity contribution is 8.01. The van der Waals surface area contributed by atoms with Crippen LogP contribution in [0.4, 0.5) is 10.8 Å². The summed E-state index contributed by atoms with van der Waals surface area (Å²) in [5, 5.41) is 12.0. The van der Waals surface area contributed by atoms with Gasteiger partial charge in [0.2, 0.25) is 5.91 Å². The molecule has 1 heterocycles. The topological polar surface area (TPSA) is 91.8 Å². The number of para-hydroxylation sites is 1. The average molecular weight is 290 g/mol. The average Bonchev–Trinajstić information content (AvgIpc) is 2.73. The molecular formula is C12H10N4OS2. The molecule has 5 nitrogen and oxygen atoms in total. The van der Waals surface area contributed by atoms with Crippen molar-refractivity contribution in [2.75, 3.05) is 11.1 Å². The smallest absolute Gasteiger partial charge is 0.223 e. The van der Waals surface area contributed by atoms with Gasteiger partial charge in [0.1, 0.15) is 10.3 Å². The number of carbonyl (C=O) groups is 1. The number of nitriles is 1. The minimum Gasteiger partial charge on any atom is -0.398 e. The minimum atomic E-state index is -0.214. The highest BCUT2D eigenvalue weighted by atomic mass is 32.2. The van der Waals surface area contributed by atoms with Crippen molar-refractivity contribution < 1.29 is 4.79 Å². The van der Waals surface area contributed by atoms with Crippen molar-refractivity contribution in [1.82, 2.24) is 4.98 Å². The van der Waals surface area contributed by atoms with E-state index in [0.29, 0.717) is 20.7 Å². The molecule has 2 aromatic rings. The third-order valence-electron chi connectivity index (χ3n) is 2.11. The number of thiazole rings is 1. The second-order valence-electron chi connectivity index (χ2n) is 3.59. The summed E-state index contributed by atoms with van der Waals surface area (Å²) < 4.78 is 0.712. The quantitative estimate of drug-likeness (QED) is 0.848.